The molecule has 0 atom stereocenters. The second-order valence-corrected chi connectivity index (χ2v) is 7.06. The second kappa shape index (κ2) is 7.09. The third-order valence-corrected chi connectivity index (χ3v) is 5.21. The van der Waals surface area contributed by atoms with Crippen LogP contribution in [-0.4, -0.2) is 32.4 Å². The molecule has 6 heteroatoms. The summed E-state index contributed by atoms with van der Waals surface area (Å²) in [5, 5.41) is 3.09. The zero-order valence-electron chi connectivity index (χ0n) is 14.4. The molecule has 4 aromatic rings. The van der Waals surface area contributed by atoms with Gasteiger partial charge in [-0.15, -0.1) is 11.3 Å². The van der Waals surface area contributed by atoms with Crippen molar-refractivity contribution in [2.75, 3.05) is 7.05 Å². The Labute approximate surface area is 155 Å². The number of likely N-dealkylation sites (N-methyl/N-ethyl adjacent to an activating group) is 1. The van der Waals surface area contributed by atoms with Gasteiger partial charge in [-0.05, 0) is 47.3 Å². The fraction of sp³-hybridized carbons (Fsp3) is 0.150. The molecule has 0 bridgehead atoms. The molecule has 5 nitrogen and oxygen atoms in total. The highest BCUT2D eigenvalue weighted by molar-refractivity contribution is 7.13. The highest BCUT2D eigenvalue weighted by atomic mass is 32.1. The lowest BCUT2D eigenvalue weighted by molar-refractivity contribution is -0.130. The molecule has 0 saturated heterocycles. The van der Waals surface area contributed by atoms with E-state index >= 15 is 0 Å². The normalized spacial score (nSPS) is 11.0. The Morgan fingerprint density at radius 1 is 1.15 bits per heavy atom. The molecule has 0 spiro atoms. The van der Waals surface area contributed by atoms with E-state index in [2.05, 4.69) is 22.1 Å². The summed E-state index contributed by atoms with van der Waals surface area (Å²) in [5.74, 6) is 0.0442. The number of amides is 1. The monoisotopic (exact) mass is 362 g/mol. The van der Waals surface area contributed by atoms with Crippen LogP contribution in [0.1, 0.15) is 5.56 Å². The van der Waals surface area contributed by atoms with Gasteiger partial charge in [0.1, 0.15) is 12.2 Å². The van der Waals surface area contributed by atoms with Crippen molar-refractivity contribution in [3.8, 4) is 10.6 Å². The van der Waals surface area contributed by atoms with E-state index in [0.29, 0.717) is 6.54 Å². The molecule has 0 fully saturated rings. The molecule has 0 aliphatic carbocycles. The number of rotatable bonds is 5. The number of hydrogen-bond acceptors (Lipinski definition) is 4. The maximum Gasteiger partial charge on any atom is 0.242 e. The van der Waals surface area contributed by atoms with Gasteiger partial charge in [0.25, 0.3) is 0 Å². The average molecular weight is 362 g/mol. The molecule has 4 rings (SSSR count). The van der Waals surface area contributed by atoms with Gasteiger partial charge in [-0.1, -0.05) is 6.07 Å². The van der Waals surface area contributed by atoms with E-state index in [0.717, 1.165) is 27.2 Å². The molecule has 1 amide bonds. The molecule has 26 heavy (non-hydrogen) atoms. The van der Waals surface area contributed by atoms with Gasteiger partial charge in [-0.2, -0.15) is 0 Å². The van der Waals surface area contributed by atoms with Gasteiger partial charge in [0.05, 0.1) is 10.6 Å². The van der Waals surface area contributed by atoms with Gasteiger partial charge in [-0.3, -0.25) is 9.78 Å². The quantitative estimate of drug-likeness (QED) is 0.542. The minimum absolute atomic E-state index is 0.0442. The third-order valence-electron chi connectivity index (χ3n) is 4.32. The van der Waals surface area contributed by atoms with Crippen LogP contribution >= 0.6 is 11.3 Å². The number of pyridine rings is 2. The molecule has 130 valence electrons. The van der Waals surface area contributed by atoms with Gasteiger partial charge in [0, 0.05) is 37.6 Å². The first-order valence-electron chi connectivity index (χ1n) is 8.33. The molecule has 0 aliphatic heterocycles. The fourth-order valence-corrected chi connectivity index (χ4v) is 3.73. The van der Waals surface area contributed by atoms with Gasteiger partial charge in [0.15, 0.2) is 0 Å². The van der Waals surface area contributed by atoms with E-state index in [1.807, 2.05) is 47.3 Å². The van der Waals surface area contributed by atoms with Gasteiger partial charge in [-0.25, -0.2) is 4.98 Å². The molecule has 0 aliphatic rings. The summed E-state index contributed by atoms with van der Waals surface area (Å²) in [4.78, 5) is 24.2. The van der Waals surface area contributed by atoms with Crippen molar-refractivity contribution < 1.29 is 4.79 Å². The average Bonchev–Trinajstić information content (AvgIpc) is 3.31. The number of carbonyl (C=O) groups excluding carboxylic acids is 1. The van der Waals surface area contributed by atoms with E-state index < -0.39 is 0 Å². The van der Waals surface area contributed by atoms with Crippen molar-refractivity contribution in [1.82, 2.24) is 19.4 Å². The first-order valence-corrected chi connectivity index (χ1v) is 9.21. The molecule has 0 aromatic carbocycles. The Kier molecular flexibility index (Phi) is 4.50. The van der Waals surface area contributed by atoms with E-state index in [1.54, 1.807) is 34.8 Å². The van der Waals surface area contributed by atoms with Crippen LogP contribution in [-0.2, 0) is 17.9 Å². The molecular formula is C20H18N4OS. The van der Waals surface area contributed by atoms with Crippen LogP contribution in [0.4, 0.5) is 0 Å². The number of fused-ring (bicyclic) bond motifs is 1. The molecule has 4 heterocycles. The van der Waals surface area contributed by atoms with Crippen LogP contribution in [0.25, 0.3) is 21.6 Å². The van der Waals surface area contributed by atoms with E-state index in [4.69, 9.17) is 0 Å². The van der Waals surface area contributed by atoms with Crippen LogP contribution in [0.5, 0.6) is 0 Å². The molecule has 0 unspecified atom stereocenters. The van der Waals surface area contributed by atoms with Gasteiger partial charge in [0.2, 0.25) is 5.91 Å². The zero-order chi connectivity index (χ0) is 17.9. The Morgan fingerprint density at radius 3 is 2.77 bits per heavy atom. The molecule has 4 aromatic heterocycles. The largest absolute Gasteiger partial charge is 0.340 e. The topological polar surface area (TPSA) is 51.0 Å². The number of carbonyl (C=O) groups is 1. The predicted molar refractivity (Wildman–Crippen MR) is 104 cm³/mol. The Balaban J connectivity index is 1.64. The minimum atomic E-state index is 0.0442. The van der Waals surface area contributed by atoms with Crippen molar-refractivity contribution in [3.63, 3.8) is 0 Å². The van der Waals surface area contributed by atoms with Crippen LogP contribution in [0.2, 0.25) is 0 Å². The van der Waals surface area contributed by atoms with E-state index in [1.165, 1.54) is 0 Å². The molecule has 0 saturated carbocycles. The summed E-state index contributed by atoms with van der Waals surface area (Å²) < 4.78 is 2.01. The number of nitrogens with zero attached hydrogens (tertiary/aromatic N) is 4. The summed E-state index contributed by atoms with van der Waals surface area (Å²) in [6, 6.07) is 14.0. The number of thiophene rings is 1. The maximum absolute atomic E-state index is 12.8. The predicted octanol–water partition coefficient (Wildman–Crippen LogP) is 3.82. The van der Waals surface area contributed by atoms with Crippen molar-refractivity contribution in [1.29, 1.82) is 0 Å². The van der Waals surface area contributed by atoms with E-state index in [9.17, 15) is 4.79 Å². The fourth-order valence-electron chi connectivity index (χ4n) is 2.98. The highest BCUT2D eigenvalue weighted by Gasteiger charge is 2.17. The van der Waals surface area contributed by atoms with Crippen molar-refractivity contribution in [2.24, 2.45) is 0 Å². The standard InChI is InChI=1S/C20H18N4OS/c1-23(13-15-6-9-21-10-7-15)19(25)14-24-17(18-5-3-11-26-18)12-16-4-2-8-22-20(16)24/h2-12H,13-14H2,1H3. The lowest BCUT2D eigenvalue weighted by Gasteiger charge is -2.18. The van der Waals surface area contributed by atoms with Crippen molar-refractivity contribution >= 4 is 28.3 Å². The van der Waals surface area contributed by atoms with E-state index in [-0.39, 0.29) is 12.5 Å². The molecule has 0 radical (unpaired) electrons. The van der Waals surface area contributed by atoms with Gasteiger partial charge < -0.3 is 9.47 Å². The summed E-state index contributed by atoms with van der Waals surface area (Å²) >= 11 is 1.66. The Hall–Kier alpha value is -2.99. The van der Waals surface area contributed by atoms with Crippen LogP contribution in [0.15, 0.2) is 66.4 Å². The number of hydrogen-bond donors (Lipinski definition) is 0. The lowest BCUT2D eigenvalue weighted by atomic mass is 10.2. The van der Waals surface area contributed by atoms with Crippen molar-refractivity contribution in [3.05, 3.63) is 72.0 Å². The first kappa shape index (κ1) is 16.5. The summed E-state index contributed by atoms with van der Waals surface area (Å²) in [7, 11) is 1.83. The molecule has 0 N–H and O–H groups in total. The Bertz CT molecular complexity index is 1020. The summed E-state index contributed by atoms with van der Waals surface area (Å²) in [6.45, 7) is 0.817. The first-order chi connectivity index (χ1) is 12.7. The summed E-state index contributed by atoms with van der Waals surface area (Å²) in [6.07, 6.45) is 5.25. The van der Waals surface area contributed by atoms with Crippen molar-refractivity contribution in [2.45, 2.75) is 13.1 Å². The molecular weight excluding hydrogens is 344 g/mol. The zero-order valence-corrected chi connectivity index (χ0v) is 15.2. The summed E-state index contributed by atoms with van der Waals surface area (Å²) in [5.41, 5.74) is 2.92. The lowest BCUT2D eigenvalue weighted by Crippen LogP contribution is -2.30. The number of aromatic nitrogens is 3. The third kappa shape index (κ3) is 3.23. The minimum Gasteiger partial charge on any atom is -0.340 e. The van der Waals surface area contributed by atoms with Crippen LogP contribution < -0.4 is 0 Å². The SMILES string of the molecule is CN(Cc1ccncc1)C(=O)Cn1c(-c2cccs2)cc2cccnc21. The van der Waals surface area contributed by atoms with Gasteiger partial charge >= 0.3 is 0 Å². The van der Waals surface area contributed by atoms with Crippen LogP contribution in [0.3, 0.4) is 0 Å². The smallest absolute Gasteiger partial charge is 0.242 e. The van der Waals surface area contributed by atoms with Crippen LogP contribution in [0, 0.1) is 0 Å². The second-order valence-electron chi connectivity index (χ2n) is 6.11. The highest BCUT2D eigenvalue weighted by Crippen LogP contribution is 2.30. The Morgan fingerprint density at radius 2 is 2.00 bits per heavy atom. The maximum atomic E-state index is 12.8.